The van der Waals surface area contributed by atoms with Gasteiger partial charge in [-0.25, -0.2) is 14.3 Å². The lowest BCUT2D eigenvalue weighted by Gasteiger charge is -2.20. The summed E-state index contributed by atoms with van der Waals surface area (Å²) in [6.07, 6.45) is 3.80. The minimum Gasteiger partial charge on any atom is -0.432 e. The van der Waals surface area contributed by atoms with Crippen LogP contribution in [-0.4, -0.2) is 89.1 Å². The second-order valence-corrected chi connectivity index (χ2v) is 13.5. The summed E-state index contributed by atoms with van der Waals surface area (Å²) in [6.45, 7) is 5.58. The molecule has 45 heavy (non-hydrogen) atoms. The van der Waals surface area contributed by atoms with Crippen LogP contribution in [0.4, 0.5) is 15.4 Å². The van der Waals surface area contributed by atoms with Gasteiger partial charge in [0.25, 0.3) is 0 Å². The summed E-state index contributed by atoms with van der Waals surface area (Å²) < 4.78 is 56.4. The maximum absolute atomic E-state index is 13.2. The van der Waals surface area contributed by atoms with Gasteiger partial charge in [0.1, 0.15) is 12.2 Å². The Labute approximate surface area is 266 Å². The van der Waals surface area contributed by atoms with Crippen LogP contribution in [0.25, 0.3) is 11.0 Å². The number of hydrogen-bond donors (Lipinski definition) is 1. The van der Waals surface area contributed by atoms with Crippen molar-refractivity contribution >= 4 is 48.4 Å². The Balaban J connectivity index is 1.27. The van der Waals surface area contributed by atoms with Crippen LogP contribution >= 0.6 is 19.2 Å². The number of carbonyl (C=O) groups is 2. The number of rotatable bonds is 16. The van der Waals surface area contributed by atoms with Gasteiger partial charge in [-0.2, -0.15) is 15.1 Å². The van der Waals surface area contributed by atoms with Crippen molar-refractivity contribution in [3.63, 3.8) is 0 Å². The van der Waals surface area contributed by atoms with Crippen LogP contribution in [0, 0.1) is 0 Å². The van der Waals surface area contributed by atoms with E-state index < -0.39 is 52.0 Å². The van der Waals surface area contributed by atoms with Crippen LogP contribution in [0.1, 0.15) is 66.2 Å². The maximum Gasteiger partial charge on any atom is 0.510 e. The lowest BCUT2D eigenvalue weighted by atomic mass is 10.2. The molecule has 2 atom stereocenters. The van der Waals surface area contributed by atoms with Crippen LogP contribution < -0.4 is 5.32 Å². The lowest BCUT2D eigenvalue weighted by molar-refractivity contribution is -0.0402. The fourth-order valence-corrected chi connectivity index (χ4v) is 5.98. The second kappa shape index (κ2) is 16.7. The molecule has 1 N–H and O–H groups in total. The molecular formula is C27H41ClN5O11P. The third-order valence-electron chi connectivity index (χ3n) is 6.81. The van der Waals surface area contributed by atoms with Crippen molar-refractivity contribution in [1.29, 1.82) is 0 Å². The molecule has 2 fully saturated rings. The first-order valence-electron chi connectivity index (χ1n) is 14.9. The standard InChI is InChI=1S/C27H41ClN5O11P/c1-17(2)42-26(34)38-14-40-45(36,41-15-39-27(35)43-18(3)4)16-37-13-21-10-9-20(44-21)12-33-24-22(11-29-33)23(31-25(28)32-24)30-19-7-5-6-8-19/h11,17-21H,5-10,12-16H2,1-4H3,(H,30,31,32)/t20-,21-/m0/s1. The number of anilines is 1. The van der Waals surface area contributed by atoms with Gasteiger partial charge in [0, 0.05) is 6.04 Å². The Bertz CT molecular complexity index is 1290. The molecule has 0 radical (unpaired) electrons. The average molecular weight is 678 g/mol. The van der Waals surface area contributed by atoms with Crippen LogP contribution in [0.3, 0.4) is 0 Å². The molecular weight excluding hydrogens is 637 g/mol. The summed E-state index contributed by atoms with van der Waals surface area (Å²) >= 11 is 6.25. The van der Waals surface area contributed by atoms with Crippen molar-refractivity contribution in [2.24, 2.45) is 0 Å². The molecule has 18 heteroatoms. The highest BCUT2D eigenvalue weighted by molar-refractivity contribution is 7.53. The number of ether oxygens (including phenoxy) is 6. The molecule has 0 amide bonds. The zero-order valence-corrected chi connectivity index (χ0v) is 27.5. The Kier molecular flexibility index (Phi) is 13.0. The molecule has 1 aliphatic carbocycles. The Morgan fingerprint density at radius 1 is 1.00 bits per heavy atom. The van der Waals surface area contributed by atoms with E-state index >= 15 is 0 Å². The maximum atomic E-state index is 13.2. The number of aromatic nitrogens is 4. The van der Waals surface area contributed by atoms with Gasteiger partial charge in [0.15, 0.2) is 5.65 Å². The predicted octanol–water partition coefficient (Wildman–Crippen LogP) is 5.62. The number of hydrogen-bond acceptors (Lipinski definition) is 15. The zero-order chi connectivity index (χ0) is 32.4. The van der Waals surface area contributed by atoms with Gasteiger partial charge in [-0.05, 0) is 65.0 Å². The average Bonchev–Trinajstić information content (AvgIpc) is 3.71. The van der Waals surface area contributed by atoms with Crippen LogP contribution in [0.5, 0.6) is 0 Å². The first-order chi connectivity index (χ1) is 21.5. The van der Waals surface area contributed by atoms with Gasteiger partial charge in [-0.15, -0.1) is 0 Å². The second-order valence-electron chi connectivity index (χ2n) is 11.2. The highest BCUT2D eigenvalue weighted by Gasteiger charge is 2.31. The first-order valence-corrected chi connectivity index (χ1v) is 17.0. The van der Waals surface area contributed by atoms with E-state index in [1.165, 1.54) is 12.8 Å². The summed E-state index contributed by atoms with van der Waals surface area (Å²) in [5, 5.41) is 8.93. The summed E-state index contributed by atoms with van der Waals surface area (Å²) in [6, 6.07) is 0.357. The topological polar surface area (TPSA) is 181 Å². The van der Waals surface area contributed by atoms with Gasteiger partial charge >= 0.3 is 19.9 Å². The van der Waals surface area contributed by atoms with Crippen LogP contribution in [0.2, 0.25) is 5.28 Å². The molecule has 3 heterocycles. The summed E-state index contributed by atoms with van der Waals surface area (Å²) in [7, 11) is -4.06. The molecule has 1 saturated heterocycles. The molecule has 2 aromatic rings. The zero-order valence-electron chi connectivity index (χ0n) is 25.8. The van der Waals surface area contributed by atoms with Crippen molar-refractivity contribution in [2.75, 3.05) is 31.9 Å². The Morgan fingerprint density at radius 3 is 2.24 bits per heavy atom. The van der Waals surface area contributed by atoms with Crippen molar-refractivity contribution < 1.29 is 51.6 Å². The summed E-state index contributed by atoms with van der Waals surface area (Å²) in [4.78, 5) is 32.1. The Morgan fingerprint density at radius 2 is 1.62 bits per heavy atom. The van der Waals surface area contributed by atoms with Crippen molar-refractivity contribution in [3.05, 3.63) is 11.5 Å². The quantitative estimate of drug-likeness (QED) is 0.0999. The fourth-order valence-electron chi connectivity index (χ4n) is 4.84. The number of nitrogens with one attached hydrogen (secondary N) is 1. The van der Waals surface area contributed by atoms with E-state index in [1.807, 2.05) is 0 Å². The first kappa shape index (κ1) is 35.1. The van der Waals surface area contributed by atoms with E-state index in [1.54, 1.807) is 38.6 Å². The number of fused-ring (bicyclic) bond motifs is 1. The number of carbonyl (C=O) groups excluding carboxylic acids is 2. The van der Waals surface area contributed by atoms with Crippen molar-refractivity contribution in [2.45, 2.75) is 103 Å². The molecule has 0 bridgehead atoms. The molecule has 0 spiro atoms. The van der Waals surface area contributed by atoms with Gasteiger partial charge < -0.3 is 33.7 Å². The lowest BCUT2D eigenvalue weighted by Crippen LogP contribution is -2.22. The van der Waals surface area contributed by atoms with E-state index in [-0.39, 0.29) is 24.1 Å². The van der Waals surface area contributed by atoms with Crippen LogP contribution in [-0.2, 0) is 48.6 Å². The number of nitrogens with zero attached hydrogens (tertiary/aromatic N) is 4. The minimum atomic E-state index is -4.06. The van der Waals surface area contributed by atoms with Crippen molar-refractivity contribution in [3.8, 4) is 0 Å². The van der Waals surface area contributed by atoms with E-state index in [2.05, 4.69) is 20.4 Å². The molecule has 1 saturated carbocycles. The third-order valence-corrected chi connectivity index (χ3v) is 8.47. The van der Waals surface area contributed by atoms with E-state index in [0.717, 1.165) is 24.6 Å². The summed E-state index contributed by atoms with van der Waals surface area (Å²) in [5.74, 6) is 0.681. The van der Waals surface area contributed by atoms with Gasteiger partial charge in [0.05, 0.1) is 49.2 Å². The van der Waals surface area contributed by atoms with E-state index in [4.69, 9.17) is 49.1 Å². The van der Waals surface area contributed by atoms with E-state index in [0.29, 0.717) is 30.5 Å². The number of halogens is 1. The minimum absolute atomic E-state index is 0.0724. The SMILES string of the molecule is CC(C)OC(=O)OCOP(=O)(COC[C@@H]1CC[C@@H](Cn2ncc3c(NC4CCCC4)nc(Cl)nc32)O1)OCOC(=O)OC(C)C. The van der Waals surface area contributed by atoms with Gasteiger partial charge in [-0.1, -0.05) is 12.8 Å². The normalized spacial score (nSPS) is 19.0. The highest BCUT2D eigenvalue weighted by Crippen LogP contribution is 2.48. The molecule has 16 nitrogen and oxygen atoms in total. The van der Waals surface area contributed by atoms with Crippen molar-refractivity contribution in [1.82, 2.24) is 19.7 Å². The van der Waals surface area contributed by atoms with Gasteiger partial charge in [-0.3, -0.25) is 13.6 Å². The molecule has 0 unspecified atom stereocenters. The predicted molar refractivity (Wildman–Crippen MR) is 160 cm³/mol. The molecule has 252 valence electrons. The smallest absolute Gasteiger partial charge is 0.432 e. The Hall–Kier alpha value is -2.75. The summed E-state index contributed by atoms with van der Waals surface area (Å²) in [5.41, 5.74) is 0.619. The van der Waals surface area contributed by atoms with E-state index in [9.17, 15) is 14.2 Å². The highest BCUT2D eigenvalue weighted by atomic mass is 35.5. The fraction of sp³-hybridized carbons (Fsp3) is 0.741. The molecule has 2 aromatic heterocycles. The van der Waals surface area contributed by atoms with Gasteiger partial charge in [0.2, 0.25) is 18.9 Å². The largest absolute Gasteiger partial charge is 0.510 e. The molecule has 1 aliphatic heterocycles. The third kappa shape index (κ3) is 11.2. The molecule has 0 aromatic carbocycles. The molecule has 2 aliphatic rings. The molecule has 4 rings (SSSR count). The monoisotopic (exact) mass is 677 g/mol. The van der Waals surface area contributed by atoms with Crippen LogP contribution in [0.15, 0.2) is 6.20 Å².